The molecule has 268 valence electrons. The molecule has 0 saturated carbocycles. The Balaban J connectivity index is 0.00000128. The molecule has 0 aromatic heterocycles. The number of hydrogen-bond donors (Lipinski definition) is 0. The summed E-state index contributed by atoms with van der Waals surface area (Å²) in [5, 5.41) is 0. The summed E-state index contributed by atoms with van der Waals surface area (Å²) in [6.07, 6.45) is 5.82. The van der Waals surface area contributed by atoms with E-state index in [0.29, 0.717) is 0 Å². The Morgan fingerprint density at radius 2 is 1.05 bits per heavy atom. The number of hydrogen-bond acceptors (Lipinski definition) is 3. The topological polar surface area (TPSA) is 6.48 Å². The van der Waals surface area contributed by atoms with Crippen molar-refractivity contribution in [2.24, 2.45) is 0 Å². The van der Waals surface area contributed by atoms with Crippen molar-refractivity contribution in [1.29, 1.82) is 0 Å². The van der Waals surface area contributed by atoms with Gasteiger partial charge in [-0.25, -0.2) is 0 Å². The second-order valence-corrected chi connectivity index (χ2v) is 15.6. The zero-order valence-electron chi connectivity index (χ0n) is 31.9. The van der Waals surface area contributed by atoms with Crippen molar-refractivity contribution < 1.29 is 0 Å². The van der Waals surface area contributed by atoms with E-state index < -0.39 is 5.54 Å². The lowest BCUT2D eigenvalue weighted by Crippen LogP contribution is -2.51. The monoisotopic (exact) mass is 728 g/mol. The van der Waals surface area contributed by atoms with Crippen LogP contribution in [0.1, 0.15) is 70.3 Å². The molecule has 2 nitrogen and oxygen atoms in total. The SMILES string of the molecule is C=C1c2ccccc2C=Cc2cc(C)c(C)c(C3(N4c5ccccc5Sc5ccccc54)c4ccccc4N(c4ccccc4)c4ccccc43)c21.CCC. The van der Waals surface area contributed by atoms with Crippen LogP contribution in [0, 0.1) is 13.8 Å². The highest BCUT2D eigenvalue weighted by Gasteiger charge is 2.54. The first-order chi connectivity index (χ1) is 27.0. The number of anilines is 5. The largest absolute Gasteiger partial charge is 0.321 e. The zero-order chi connectivity index (χ0) is 37.7. The quantitative estimate of drug-likeness (QED) is 0.179. The fraction of sp³-hybridized carbons (Fsp3) is 0.115. The predicted octanol–water partition coefficient (Wildman–Crippen LogP) is 14.6. The van der Waals surface area contributed by atoms with Crippen molar-refractivity contribution >= 4 is 57.9 Å². The van der Waals surface area contributed by atoms with Crippen molar-refractivity contribution in [1.82, 2.24) is 0 Å². The molecule has 1 aliphatic carbocycles. The van der Waals surface area contributed by atoms with E-state index in [-0.39, 0.29) is 0 Å². The summed E-state index contributed by atoms with van der Waals surface area (Å²) >= 11 is 1.85. The molecular weight excluding hydrogens is 685 g/mol. The van der Waals surface area contributed by atoms with Gasteiger partial charge in [0, 0.05) is 26.6 Å². The van der Waals surface area contributed by atoms with Gasteiger partial charge in [0.15, 0.2) is 0 Å². The van der Waals surface area contributed by atoms with Crippen LogP contribution in [0.5, 0.6) is 0 Å². The van der Waals surface area contributed by atoms with Crippen molar-refractivity contribution in [3.63, 3.8) is 0 Å². The molecule has 3 heteroatoms. The van der Waals surface area contributed by atoms with Crippen LogP contribution in [0.3, 0.4) is 0 Å². The summed E-state index contributed by atoms with van der Waals surface area (Å²) in [4.78, 5) is 7.60. The Morgan fingerprint density at radius 1 is 0.564 bits per heavy atom. The van der Waals surface area contributed by atoms with E-state index in [4.69, 9.17) is 6.58 Å². The first-order valence-corrected chi connectivity index (χ1v) is 20.1. The van der Waals surface area contributed by atoms with E-state index in [9.17, 15) is 0 Å². The highest BCUT2D eigenvalue weighted by atomic mass is 32.2. The number of para-hydroxylation sites is 5. The Bertz CT molecular complexity index is 2540. The smallest absolute Gasteiger partial charge is 0.126 e. The van der Waals surface area contributed by atoms with Crippen LogP contribution in [0.15, 0.2) is 174 Å². The highest BCUT2D eigenvalue weighted by Crippen LogP contribution is 2.64. The van der Waals surface area contributed by atoms with E-state index in [0.717, 1.165) is 28.2 Å². The first kappa shape index (κ1) is 34.7. The molecule has 0 radical (unpaired) electrons. The number of aryl methyl sites for hydroxylation is 1. The van der Waals surface area contributed by atoms with Crippen molar-refractivity contribution in [2.45, 2.75) is 49.4 Å². The molecular formula is C52H44N2S. The fourth-order valence-corrected chi connectivity index (χ4v) is 9.91. The third-order valence-electron chi connectivity index (χ3n) is 11.1. The molecule has 0 fully saturated rings. The Morgan fingerprint density at radius 3 is 1.67 bits per heavy atom. The molecule has 0 amide bonds. The molecule has 55 heavy (non-hydrogen) atoms. The lowest BCUT2D eigenvalue weighted by Gasteiger charge is -2.55. The summed E-state index contributed by atoms with van der Waals surface area (Å²) in [5.74, 6) is 0. The summed E-state index contributed by atoms with van der Waals surface area (Å²) in [5.41, 5.74) is 17.0. The van der Waals surface area contributed by atoms with Gasteiger partial charge in [-0.15, -0.1) is 0 Å². The lowest BCUT2D eigenvalue weighted by molar-refractivity contribution is 0.604. The van der Waals surface area contributed by atoms with Crippen molar-refractivity contribution in [3.05, 3.63) is 214 Å². The van der Waals surface area contributed by atoms with Crippen LogP contribution in [0.4, 0.5) is 28.4 Å². The summed E-state index contributed by atoms with van der Waals surface area (Å²) < 4.78 is 0. The number of nitrogens with zero attached hydrogens (tertiary/aromatic N) is 2. The van der Waals surface area contributed by atoms with Gasteiger partial charge in [-0.2, -0.15) is 0 Å². The molecule has 7 aromatic carbocycles. The molecule has 0 bridgehead atoms. The van der Waals surface area contributed by atoms with Gasteiger partial charge in [0.1, 0.15) is 5.54 Å². The molecule has 10 rings (SSSR count). The molecule has 3 aliphatic rings. The minimum Gasteiger partial charge on any atom is -0.321 e. The Labute approximate surface area is 330 Å². The Hall–Kier alpha value is -6.03. The summed E-state index contributed by atoms with van der Waals surface area (Å²) in [6.45, 7) is 13.8. The molecule has 0 atom stereocenters. The predicted molar refractivity (Wildman–Crippen MR) is 236 cm³/mol. The van der Waals surface area contributed by atoms with Crippen LogP contribution >= 0.6 is 11.8 Å². The van der Waals surface area contributed by atoms with Crippen LogP contribution in [0.25, 0.3) is 17.7 Å². The van der Waals surface area contributed by atoms with Crippen LogP contribution in [-0.4, -0.2) is 0 Å². The third-order valence-corrected chi connectivity index (χ3v) is 12.3. The average Bonchev–Trinajstić information content (AvgIpc) is 3.36. The van der Waals surface area contributed by atoms with E-state index in [1.165, 1.54) is 72.1 Å². The second kappa shape index (κ2) is 14.0. The Kier molecular flexibility index (Phi) is 8.83. The van der Waals surface area contributed by atoms with Gasteiger partial charge in [0.05, 0.1) is 22.7 Å². The van der Waals surface area contributed by atoms with Gasteiger partial charge < -0.3 is 9.80 Å². The molecule has 7 aromatic rings. The fourth-order valence-electron chi connectivity index (χ4n) is 8.85. The van der Waals surface area contributed by atoms with Gasteiger partial charge in [-0.05, 0) is 107 Å². The zero-order valence-corrected chi connectivity index (χ0v) is 32.7. The summed E-state index contributed by atoms with van der Waals surface area (Å²) in [6, 6.07) is 57.9. The van der Waals surface area contributed by atoms with E-state index in [1.54, 1.807) is 0 Å². The number of fused-ring (bicyclic) bond motifs is 6. The van der Waals surface area contributed by atoms with Gasteiger partial charge in [-0.3, -0.25) is 0 Å². The summed E-state index contributed by atoms with van der Waals surface area (Å²) in [7, 11) is 0. The van der Waals surface area contributed by atoms with Crippen molar-refractivity contribution in [3.8, 4) is 0 Å². The van der Waals surface area contributed by atoms with Crippen LogP contribution in [-0.2, 0) is 5.54 Å². The number of benzene rings is 7. The van der Waals surface area contributed by atoms with E-state index in [1.807, 2.05) is 11.8 Å². The van der Waals surface area contributed by atoms with Crippen LogP contribution < -0.4 is 9.80 Å². The second-order valence-electron chi connectivity index (χ2n) is 14.6. The van der Waals surface area contributed by atoms with Gasteiger partial charge in [0.25, 0.3) is 0 Å². The van der Waals surface area contributed by atoms with Gasteiger partial charge >= 0.3 is 0 Å². The highest BCUT2D eigenvalue weighted by molar-refractivity contribution is 7.99. The molecule has 2 heterocycles. The first-order valence-electron chi connectivity index (χ1n) is 19.3. The maximum Gasteiger partial charge on any atom is 0.126 e. The molecule has 0 spiro atoms. The minimum absolute atomic E-state index is 0.818. The van der Waals surface area contributed by atoms with Crippen LogP contribution in [0.2, 0.25) is 0 Å². The van der Waals surface area contributed by atoms with Crippen molar-refractivity contribution in [2.75, 3.05) is 9.80 Å². The maximum absolute atomic E-state index is 4.95. The van der Waals surface area contributed by atoms with Gasteiger partial charge in [0.2, 0.25) is 0 Å². The van der Waals surface area contributed by atoms with Gasteiger partial charge in [-0.1, -0.05) is 160 Å². The third kappa shape index (κ3) is 5.33. The molecule has 0 N–H and O–H groups in total. The maximum atomic E-state index is 4.95. The standard InChI is InChI=1S/C49H36N2S.C3H8/c1-32-31-36-30-29-35-17-7-8-20-38(35)34(3)47(36)48(33(32)2)49(51-43-25-13-15-27-45(43)52-46-28-16-14-26-44(46)51)39-21-9-11-23-41(39)50(37-18-5-4-6-19-37)42-24-12-10-22-40(42)49;1-3-2/h4-31H,3H2,1-2H3;3H2,1-2H3. The average molecular weight is 729 g/mol. The normalized spacial score (nSPS) is 14.2. The molecule has 0 unspecified atom stereocenters. The lowest BCUT2D eigenvalue weighted by atomic mass is 9.66. The number of rotatable bonds is 3. The molecule has 2 aliphatic heterocycles. The minimum atomic E-state index is -0.818. The molecule has 0 saturated heterocycles. The van der Waals surface area contributed by atoms with E-state index >= 15 is 0 Å². The van der Waals surface area contributed by atoms with E-state index in [2.05, 4.69) is 207 Å².